The van der Waals surface area contributed by atoms with E-state index < -0.39 is 18.3 Å². The molecule has 24 heavy (non-hydrogen) atoms. The highest BCUT2D eigenvalue weighted by molar-refractivity contribution is 5.68. The van der Waals surface area contributed by atoms with Crippen LogP contribution in [0.5, 0.6) is 0 Å². The van der Waals surface area contributed by atoms with Gasteiger partial charge in [-0.1, -0.05) is 64.0 Å². The van der Waals surface area contributed by atoms with E-state index in [1.165, 1.54) is 13.2 Å². The number of rotatable bonds is 15. The van der Waals surface area contributed by atoms with Crippen molar-refractivity contribution in [2.75, 3.05) is 7.11 Å². The predicted octanol–water partition coefficient (Wildman–Crippen LogP) is 3.11. The molecule has 0 aromatic rings. The minimum atomic E-state index is -0.908. The van der Waals surface area contributed by atoms with Crippen LogP contribution in [0.4, 0.5) is 0 Å². The first-order chi connectivity index (χ1) is 11.5. The Morgan fingerprint density at radius 3 is 2.21 bits per heavy atom. The molecule has 0 aromatic carbocycles. The fraction of sp³-hybridized carbons (Fsp3) is 0.842. The Hall–Kier alpha value is -0.910. The Kier molecular flexibility index (Phi) is 15.0. The van der Waals surface area contributed by atoms with E-state index >= 15 is 0 Å². The first-order valence-corrected chi connectivity index (χ1v) is 9.30. The fourth-order valence-electron chi connectivity index (χ4n) is 2.50. The third-order valence-electron chi connectivity index (χ3n) is 4.14. The van der Waals surface area contributed by atoms with Crippen LogP contribution in [0.1, 0.15) is 77.6 Å². The fourth-order valence-corrected chi connectivity index (χ4v) is 2.50. The monoisotopic (exact) mass is 344 g/mol. The van der Waals surface area contributed by atoms with Crippen LogP contribution in [0.15, 0.2) is 12.2 Å². The number of ether oxygens (including phenoxy) is 1. The van der Waals surface area contributed by atoms with E-state index in [2.05, 4.69) is 11.7 Å². The lowest BCUT2D eigenvalue weighted by atomic mass is 10.0. The number of carbonyl (C=O) groups excluding carboxylic acids is 1. The molecule has 0 fully saturated rings. The minimum Gasteiger partial charge on any atom is -0.469 e. The van der Waals surface area contributed by atoms with Gasteiger partial charge >= 0.3 is 5.97 Å². The predicted molar refractivity (Wildman–Crippen MR) is 95.6 cm³/mol. The molecule has 0 aromatic heterocycles. The van der Waals surface area contributed by atoms with Gasteiger partial charge in [0.05, 0.1) is 25.4 Å². The Bertz CT molecular complexity index is 330. The first kappa shape index (κ1) is 23.1. The second kappa shape index (κ2) is 15.6. The van der Waals surface area contributed by atoms with Crippen molar-refractivity contribution in [3.05, 3.63) is 12.2 Å². The summed E-state index contributed by atoms with van der Waals surface area (Å²) in [5.74, 6) is -0.161. The van der Waals surface area contributed by atoms with Crippen LogP contribution in [0.2, 0.25) is 0 Å². The number of esters is 1. The average molecular weight is 344 g/mol. The molecular weight excluding hydrogens is 308 g/mol. The van der Waals surface area contributed by atoms with Gasteiger partial charge in [-0.3, -0.25) is 4.79 Å². The molecule has 3 atom stereocenters. The van der Waals surface area contributed by atoms with Gasteiger partial charge in [0.2, 0.25) is 0 Å². The molecule has 0 aliphatic carbocycles. The van der Waals surface area contributed by atoms with Crippen molar-refractivity contribution in [1.82, 2.24) is 0 Å². The highest BCUT2D eigenvalue weighted by Gasteiger charge is 2.13. The highest BCUT2D eigenvalue weighted by atomic mass is 16.5. The summed E-state index contributed by atoms with van der Waals surface area (Å²) in [6.07, 6.45) is 10.3. The quantitative estimate of drug-likeness (QED) is 0.241. The van der Waals surface area contributed by atoms with Gasteiger partial charge in [0, 0.05) is 6.42 Å². The number of carbonyl (C=O) groups is 1. The molecule has 5 nitrogen and oxygen atoms in total. The van der Waals surface area contributed by atoms with Gasteiger partial charge in [-0.05, 0) is 19.3 Å². The summed E-state index contributed by atoms with van der Waals surface area (Å²) < 4.78 is 4.58. The summed E-state index contributed by atoms with van der Waals surface area (Å²) >= 11 is 0. The van der Waals surface area contributed by atoms with Gasteiger partial charge in [-0.25, -0.2) is 0 Å². The molecule has 0 spiro atoms. The van der Waals surface area contributed by atoms with Crippen LogP contribution >= 0.6 is 0 Å². The van der Waals surface area contributed by atoms with Crippen LogP contribution in [0.25, 0.3) is 0 Å². The van der Waals surface area contributed by atoms with Crippen molar-refractivity contribution in [2.24, 2.45) is 0 Å². The van der Waals surface area contributed by atoms with Gasteiger partial charge in [0.25, 0.3) is 0 Å². The highest BCUT2D eigenvalue weighted by Crippen LogP contribution is 2.11. The number of aliphatic hydroxyl groups is 3. The summed E-state index contributed by atoms with van der Waals surface area (Å²) in [5, 5.41) is 29.5. The van der Waals surface area contributed by atoms with Crippen molar-refractivity contribution in [3.8, 4) is 0 Å². The molecule has 0 aliphatic heterocycles. The lowest BCUT2D eigenvalue weighted by Crippen LogP contribution is -2.24. The van der Waals surface area contributed by atoms with Gasteiger partial charge < -0.3 is 20.1 Å². The molecule has 0 rings (SSSR count). The largest absolute Gasteiger partial charge is 0.469 e. The maximum absolute atomic E-state index is 10.9. The molecule has 0 bridgehead atoms. The standard InChI is InChI=1S/C19H36O5/c1-3-4-8-12-17(21)18(22)15-14-16(20)11-9-6-5-7-10-13-19(23)24-2/h14-18,20-22H,3-13H2,1-2H3/b15-14+/t16-,17-,18+/m0/s1. The minimum absolute atomic E-state index is 0.161. The molecule has 5 heteroatoms. The van der Waals surface area contributed by atoms with E-state index in [-0.39, 0.29) is 5.97 Å². The Labute approximate surface area is 146 Å². The Morgan fingerprint density at radius 2 is 1.54 bits per heavy atom. The van der Waals surface area contributed by atoms with Crippen LogP contribution in [0.3, 0.4) is 0 Å². The number of hydrogen-bond donors (Lipinski definition) is 3. The van der Waals surface area contributed by atoms with E-state index in [4.69, 9.17) is 0 Å². The molecular formula is C19H36O5. The third kappa shape index (κ3) is 13.5. The zero-order valence-electron chi connectivity index (χ0n) is 15.3. The lowest BCUT2D eigenvalue weighted by Gasteiger charge is -2.14. The van der Waals surface area contributed by atoms with Gasteiger partial charge in [0.15, 0.2) is 0 Å². The van der Waals surface area contributed by atoms with Gasteiger partial charge in [-0.2, -0.15) is 0 Å². The molecule has 142 valence electrons. The maximum Gasteiger partial charge on any atom is 0.305 e. The van der Waals surface area contributed by atoms with Gasteiger partial charge in [0.1, 0.15) is 0 Å². The van der Waals surface area contributed by atoms with Crippen LogP contribution < -0.4 is 0 Å². The second-order valence-electron chi connectivity index (χ2n) is 6.39. The van der Waals surface area contributed by atoms with Crippen LogP contribution in [0, 0.1) is 0 Å². The number of unbranched alkanes of at least 4 members (excludes halogenated alkanes) is 6. The number of methoxy groups -OCH3 is 1. The van der Waals surface area contributed by atoms with Gasteiger partial charge in [-0.15, -0.1) is 0 Å². The summed E-state index contributed by atoms with van der Waals surface area (Å²) in [6, 6.07) is 0. The maximum atomic E-state index is 10.9. The summed E-state index contributed by atoms with van der Waals surface area (Å²) in [4.78, 5) is 10.9. The summed E-state index contributed by atoms with van der Waals surface area (Å²) in [5.41, 5.74) is 0. The van der Waals surface area contributed by atoms with Crippen molar-refractivity contribution in [3.63, 3.8) is 0 Å². The molecule has 3 N–H and O–H groups in total. The van der Waals surface area contributed by atoms with Crippen molar-refractivity contribution >= 4 is 5.97 Å². The van der Waals surface area contributed by atoms with E-state index in [0.29, 0.717) is 19.3 Å². The normalized spacial score (nSPS) is 15.4. The summed E-state index contributed by atoms with van der Waals surface area (Å²) in [6.45, 7) is 2.10. The van der Waals surface area contributed by atoms with Crippen molar-refractivity contribution < 1.29 is 24.9 Å². The van der Waals surface area contributed by atoms with Crippen molar-refractivity contribution in [1.29, 1.82) is 0 Å². The Balaban J connectivity index is 3.66. The SMILES string of the molecule is CCCCC[C@H](O)[C@H](O)/C=C/[C@@H](O)CCCCCCCC(=O)OC. The van der Waals surface area contributed by atoms with Crippen LogP contribution in [-0.2, 0) is 9.53 Å². The first-order valence-electron chi connectivity index (χ1n) is 9.30. The zero-order chi connectivity index (χ0) is 18.2. The third-order valence-corrected chi connectivity index (χ3v) is 4.14. The number of aliphatic hydroxyl groups excluding tert-OH is 3. The Morgan fingerprint density at radius 1 is 0.917 bits per heavy atom. The second-order valence-corrected chi connectivity index (χ2v) is 6.39. The average Bonchev–Trinajstić information content (AvgIpc) is 2.58. The zero-order valence-corrected chi connectivity index (χ0v) is 15.3. The molecule has 0 unspecified atom stereocenters. The van der Waals surface area contributed by atoms with E-state index in [0.717, 1.165) is 51.4 Å². The smallest absolute Gasteiger partial charge is 0.305 e. The van der Waals surface area contributed by atoms with E-state index in [9.17, 15) is 20.1 Å². The van der Waals surface area contributed by atoms with E-state index in [1.807, 2.05) is 0 Å². The number of hydrogen-bond acceptors (Lipinski definition) is 5. The molecule has 0 heterocycles. The molecule has 0 aliphatic rings. The molecule has 0 radical (unpaired) electrons. The van der Waals surface area contributed by atoms with E-state index in [1.54, 1.807) is 6.08 Å². The van der Waals surface area contributed by atoms with Crippen molar-refractivity contribution in [2.45, 2.75) is 95.9 Å². The van der Waals surface area contributed by atoms with Crippen LogP contribution in [-0.4, -0.2) is 46.7 Å². The molecule has 0 amide bonds. The topological polar surface area (TPSA) is 87.0 Å². The summed E-state index contributed by atoms with van der Waals surface area (Å²) in [7, 11) is 1.40. The molecule has 0 saturated heterocycles. The molecule has 0 saturated carbocycles. The lowest BCUT2D eigenvalue weighted by molar-refractivity contribution is -0.140.